The summed E-state index contributed by atoms with van der Waals surface area (Å²) in [7, 11) is 4.23. The Morgan fingerprint density at radius 1 is 1.33 bits per heavy atom. The van der Waals surface area contributed by atoms with Gasteiger partial charge in [0.05, 0.1) is 0 Å². The third-order valence-corrected chi connectivity index (χ3v) is 4.04. The largest absolute Gasteiger partial charge is 0.339 e. The Balaban J connectivity index is 1.77. The van der Waals surface area contributed by atoms with Crippen molar-refractivity contribution in [1.29, 1.82) is 0 Å². The molecule has 0 bridgehead atoms. The number of rotatable bonds is 5. The Morgan fingerprint density at radius 2 is 2.00 bits per heavy atom. The van der Waals surface area contributed by atoms with Gasteiger partial charge in [0, 0.05) is 31.6 Å². The Bertz CT molecular complexity index is 462. The summed E-state index contributed by atoms with van der Waals surface area (Å²) in [6, 6.07) is 3.80. The molecule has 1 aromatic rings. The summed E-state index contributed by atoms with van der Waals surface area (Å²) in [6.45, 7) is 2.91. The van der Waals surface area contributed by atoms with Gasteiger partial charge in [0.15, 0.2) is 0 Å². The molecule has 1 aliphatic rings. The number of likely N-dealkylation sites (tertiary alicyclic amines) is 1. The lowest BCUT2D eigenvalue weighted by Gasteiger charge is -2.31. The highest BCUT2D eigenvalue weighted by Crippen LogP contribution is 2.20. The molecular formula is C17H25N3O. The quantitative estimate of drug-likeness (QED) is 0.780. The number of hydrogen-bond donors (Lipinski definition) is 0. The van der Waals surface area contributed by atoms with Gasteiger partial charge in [-0.1, -0.05) is 0 Å². The Labute approximate surface area is 127 Å². The second kappa shape index (κ2) is 7.93. The van der Waals surface area contributed by atoms with Crippen LogP contribution in [0.25, 0.3) is 6.08 Å². The first-order chi connectivity index (χ1) is 10.1. The molecule has 114 valence electrons. The van der Waals surface area contributed by atoms with Gasteiger partial charge in [-0.25, -0.2) is 0 Å². The molecular weight excluding hydrogens is 262 g/mol. The molecule has 4 nitrogen and oxygen atoms in total. The van der Waals surface area contributed by atoms with Crippen molar-refractivity contribution in [2.75, 3.05) is 33.7 Å². The number of carbonyl (C=O) groups is 1. The van der Waals surface area contributed by atoms with Crippen LogP contribution in [-0.4, -0.2) is 54.4 Å². The van der Waals surface area contributed by atoms with Crippen LogP contribution in [0.1, 0.15) is 24.8 Å². The predicted octanol–water partition coefficient (Wildman–Crippen LogP) is 2.29. The molecule has 2 rings (SSSR count). The summed E-state index contributed by atoms with van der Waals surface area (Å²) in [5.41, 5.74) is 1.01. The monoisotopic (exact) mass is 287 g/mol. The average Bonchev–Trinajstić information content (AvgIpc) is 2.52. The van der Waals surface area contributed by atoms with Gasteiger partial charge in [-0.3, -0.25) is 9.78 Å². The van der Waals surface area contributed by atoms with Crippen LogP contribution in [0.4, 0.5) is 0 Å². The van der Waals surface area contributed by atoms with Crippen molar-refractivity contribution in [2.45, 2.75) is 19.3 Å². The first kappa shape index (κ1) is 15.7. The van der Waals surface area contributed by atoms with Crippen molar-refractivity contribution in [3.63, 3.8) is 0 Å². The van der Waals surface area contributed by atoms with Crippen molar-refractivity contribution in [3.05, 3.63) is 36.2 Å². The molecule has 4 heteroatoms. The molecule has 0 spiro atoms. The number of pyridine rings is 1. The van der Waals surface area contributed by atoms with E-state index in [-0.39, 0.29) is 5.91 Å². The molecule has 21 heavy (non-hydrogen) atoms. The zero-order valence-electron chi connectivity index (χ0n) is 13.0. The maximum atomic E-state index is 12.2. The second-order valence-corrected chi connectivity index (χ2v) is 5.97. The minimum atomic E-state index is 0.123. The average molecular weight is 287 g/mol. The van der Waals surface area contributed by atoms with Crippen molar-refractivity contribution in [1.82, 2.24) is 14.8 Å². The summed E-state index contributed by atoms with van der Waals surface area (Å²) in [4.78, 5) is 20.3. The number of aromatic nitrogens is 1. The van der Waals surface area contributed by atoms with Crippen molar-refractivity contribution < 1.29 is 4.79 Å². The third kappa shape index (κ3) is 5.31. The fourth-order valence-electron chi connectivity index (χ4n) is 2.63. The highest BCUT2D eigenvalue weighted by Gasteiger charge is 2.21. The van der Waals surface area contributed by atoms with E-state index in [9.17, 15) is 4.79 Å². The lowest BCUT2D eigenvalue weighted by atomic mass is 9.93. The lowest BCUT2D eigenvalue weighted by Crippen LogP contribution is -2.38. The van der Waals surface area contributed by atoms with E-state index in [1.54, 1.807) is 18.5 Å². The molecule has 0 unspecified atom stereocenters. The van der Waals surface area contributed by atoms with E-state index >= 15 is 0 Å². The van der Waals surface area contributed by atoms with E-state index in [2.05, 4.69) is 24.0 Å². The smallest absolute Gasteiger partial charge is 0.246 e. The number of carbonyl (C=O) groups excluding carboxylic acids is 1. The molecule has 1 fully saturated rings. The van der Waals surface area contributed by atoms with Crippen molar-refractivity contribution >= 4 is 12.0 Å². The zero-order chi connectivity index (χ0) is 15.1. The van der Waals surface area contributed by atoms with Gasteiger partial charge >= 0.3 is 0 Å². The van der Waals surface area contributed by atoms with E-state index in [1.165, 1.54) is 6.42 Å². The number of nitrogens with zero attached hydrogens (tertiary/aromatic N) is 3. The topological polar surface area (TPSA) is 36.4 Å². The molecule has 0 radical (unpaired) electrons. The maximum Gasteiger partial charge on any atom is 0.246 e. The van der Waals surface area contributed by atoms with Crippen LogP contribution < -0.4 is 0 Å². The summed E-state index contributed by atoms with van der Waals surface area (Å²) in [6.07, 6.45) is 10.5. The minimum absolute atomic E-state index is 0.123. The van der Waals surface area contributed by atoms with Crippen LogP contribution in [0, 0.1) is 5.92 Å². The fraction of sp³-hybridized carbons (Fsp3) is 0.529. The highest BCUT2D eigenvalue weighted by molar-refractivity contribution is 5.91. The second-order valence-electron chi connectivity index (χ2n) is 5.97. The highest BCUT2D eigenvalue weighted by atomic mass is 16.2. The van der Waals surface area contributed by atoms with E-state index in [0.717, 1.165) is 44.0 Å². The number of piperidine rings is 1. The summed E-state index contributed by atoms with van der Waals surface area (Å²) < 4.78 is 0. The normalized spacial score (nSPS) is 16.8. The van der Waals surface area contributed by atoms with Gasteiger partial charge in [-0.2, -0.15) is 0 Å². The minimum Gasteiger partial charge on any atom is -0.339 e. The SMILES string of the molecule is CN(C)CCC1CCN(C(=O)C=Cc2ccncc2)CC1. The lowest BCUT2D eigenvalue weighted by molar-refractivity contribution is -0.127. The van der Waals surface area contributed by atoms with Gasteiger partial charge < -0.3 is 9.80 Å². The van der Waals surface area contributed by atoms with E-state index in [0.29, 0.717) is 0 Å². The predicted molar refractivity (Wildman–Crippen MR) is 85.7 cm³/mol. The van der Waals surface area contributed by atoms with Gasteiger partial charge in [-0.15, -0.1) is 0 Å². The van der Waals surface area contributed by atoms with Gasteiger partial charge in [0.2, 0.25) is 5.91 Å². The summed E-state index contributed by atoms with van der Waals surface area (Å²) >= 11 is 0. The molecule has 1 saturated heterocycles. The van der Waals surface area contributed by atoms with E-state index in [1.807, 2.05) is 23.1 Å². The first-order valence-corrected chi connectivity index (χ1v) is 7.67. The van der Waals surface area contributed by atoms with Crippen LogP contribution in [0.5, 0.6) is 0 Å². The molecule has 0 N–H and O–H groups in total. The van der Waals surface area contributed by atoms with Gasteiger partial charge in [0.1, 0.15) is 0 Å². The van der Waals surface area contributed by atoms with Crippen LogP contribution in [-0.2, 0) is 4.79 Å². The molecule has 2 heterocycles. The van der Waals surface area contributed by atoms with Crippen molar-refractivity contribution in [2.24, 2.45) is 5.92 Å². The molecule has 1 amide bonds. The van der Waals surface area contributed by atoms with E-state index < -0.39 is 0 Å². The molecule has 0 aromatic carbocycles. The van der Waals surface area contributed by atoms with Crippen LogP contribution >= 0.6 is 0 Å². The summed E-state index contributed by atoms with van der Waals surface area (Å²) in [5.74, 6) is 0.887. The van der Waals surface area contributed by atoms with E-state index in [4.69, 9.17) is 0 Å². The summed E-state index contributed by atoms with van der Waals surface area (Å²) in [5, 5.41) is 0. The van der Waals surface area contributed by atoms with Gasteiger partial charge in [0.25, 0.3) is 0 Å². The first-order valence-electron chi connectivity index (χ1n) is 7.67. The van der Waals surface area contributed by atoms with Crippen molar-refractivity contribution in [3.8, 4) is 0 Å². The van der Waals surface area contributed by atoms with Crippen LogP contribution in [0.3, 0.4) is 0 Å². The number of hydrogen-bond acceptors (Lipinski definition) is 3. The van der Waals surface area contributed by atoms with Crippen LogP contribution in [0.15, 0.2) is 30.6 Å². The molecule has 0 atom stereocenters. The third-order valence-electron chi connectivity index (χ3n) is 4.04. The molecule has 0 saturated carbocycles. The Kier molecular flexibility index (Phi) is 5.93. The number of amides is 1. The Morgan fingerprint density at radius 3 is 2.62 bits per heavy atom. The fourth-order valence-corrected chi connectivity index (χ4v) is 2.63. The molecule has 1 aliphatic heterocycles. The Hall–Kier alpha value is -1.68. The maximum absolute atomic E-state index is 12.2. The zero-order valence-corrected chi connectivity index (χ0v) is 13.0. The standard InChI is InChI=1S/C17H25N3O/c1-19(2)12-7-16-8-13-20(14-9-16)17(21)4-3-15-5-10-18-11-6-15/h3-6,10-11,16H,7-9,12-14H2,1-2H3. The van der Waals surface area contributed by atoms with Gasteiger partial charge in [-0.05, 0) is 69.6 Å². The molecule has 1 aromatic heterocycles. The molecule has 0 aliphatic carbocycles. The van der Waals surface area contributed by atoms with Crippen LogP contribution in [0.2, 0.25) is 0 Å².